The third-order valence-electron chi connectivity index (χ3n) is 7.25. The average Bonchev–Trinajstić information content (AvgIpc) is 3.32. The second-order valence-electron chi connectivity index (χ2n) is 10.0. The summed E-state index contributed by atoms with van der Waals surface area (Å²) in [5, 5.41) is 13.0. The molecule has 35 heavy (non-hydrogen) atoms. The number of ether oxygens (including phenoxy) is 2. The molecule has 3 unspecified atom stereocenters. The third kappa shape index (κ3) is 7.42. The molecule has 2 aromatic rings. The molecular weight excluding hydrogens is 442 g/mol. The number of aliphatic carboxylic acids is 1. The first-order valence-corrected chi connectivity index (χ1v) is 12.9. The van der Waals surface area contributed by atoms with Gasteiger partial charge in [0.2, 0.25) is 0 Å². The highest BCUT2D eigenvalue weighted by atomic mass is 16.5. The Morgan fingerprint density at radius 2 is 2.20 bits per heavy atom. The molecule has 2 N–H and O–H groups in total. The van der Waals surface area contributed by atoms with Gasteiger partial charge in [0, 0.05) is 38.4 Å². The van der Waals surface area contributed by atoms with Crippen molar-refractivity contribution >= 4 is 11.8 Å². The van der Waals surface area contributed by atoms with E-state index in [0.717, 1.165) is 69.0 Å². The molecule has 0 spiro atoms. The van der Waals surface area contributed by atoms with Crippen LogP contribution in [0.4, 0.5) is 5.82 Å². The highest BCUT2D eigenvalue weighted by molar-refractivity contribution is 5.68. The largest absolute Gasteiger partial charge is 0.491 e. The first kappa shape index (κ1) is 25.5. The summed E-state index contributed by atoms with van der Waals surface area (Å²) in [7, 11) is 1.66. The molecule has 3 atom stereocenters. The van der Waals surface area contributed by atoms with Crippen molar-refractivity contribution in [2.24, 2.45) is 5.92 Å². The molecule has 0 bridgehead atoms. The van der Waals surface area contributed by atoms with Crippen LogP contribution in [0.1, 0.15) is 55.3 Å². The molecule has 190 valence electrons. The second kappa shape index (κ2) is 12.4. The highest BCUT2D eigenvalue weighted by Gasteiger charge is 2.27. The van der Waals surface area contributed by atoms with E-state index in [2.05, 4.69) is 22.3 Å². The Morgan fingerprint density at radius 3 is 3.03 bits per heavy atom. The number of benzene rings is 1. The van der Waals surface area contributed by atoms with Crippen LogP contribution in [-0.2, 0) is 22.4 Å². The summed E-state index contributed by atoms with van der Waals surface area (Å²) in [5.74, 6) is 1.62. The fourth-order valence-corrected chi connectivity index (χ4v) is 5.12. The Labute approximate surface area is 208 Å². The minimum absolute atomic E-state index is 0.00257. The molecule has 0 amide bonds. The number of aromatic nitrogens is 1. The normalized spacial score (nSPS) is 19.5. The Kier molecular flexibility index (Phi) is 8.99. The maximum atomic E-state index is 11.6. The van der Waals surface area contributed by atoms with Crippen LogP contribution in [0.25, 0.3) is 0 Å². The monoisotopic (exact) mass is 481 g/mol. The zero-order valence-corrected chi connectivity index (χ0v) is 21.0. The summed E-state index contributed by atoms with van der Waals surface area (Å²) in [5.41, 5.74) is 3.52. The van der Waals surface area contributed by atoms with E-state index in [4.69, 9.17) is 14.5 Å². The van der Waals surface area contributed by atoms with Crippen LogP contribution in [0.15, 0.2) is 36.4 Å². The predicted octanol–water partition coefficient (Wildman–Crippen LogP) is 4.37. The van der Waals surface area contributed by atoms with Crippen LogP contribution in [0.5, 0.6) is 5.75 Å². The van der Waals surface area contributed by atoms with Crippen LogP contribution in [0.3, 0.4) is 0 Å². The number of methoxy groups -OCH3 is 1. The van der Waals surface area contributed by atoms with E-state index in [-0.39, 0.29) is 18.4 Å². The van der Waals surface area contributed by atoms with E-state index < -0.39 is 5.97 Å². The van der Waals surface area contributed by atoms with Gasteiger partial charge in [-0.25, -0.2) is 4.98 Å². The number of carboxylic acids is 1. The summed E-state index contributed by atoms with van der Waals surface area (Å²) >= 11 is 0. The lowest BCUT2D eigenvalue weighted by Gasteiger charge is -2.24. The van der Waals surface area contributed by atoms with E-state index in [1.54, 1.807) is 7.11 Å². The Bertz CT molecular complexity index is 982. The number of pyridine rings is 1. The number of nitrogens with zero attached hydrogens (tertiary/aromatic N) is 2. The molecule has 1 aromatic carbocycles. The molecule has 7 nitrogen and oxygen atoms in total. The molecule has 0 aliphatic carbocycles. The minimum Gasteiger partial charge on any atom is -0.491 e. The van der Waals surface area contributed by atoms with Gasteiger partial charge in [-0.3, -0.25) is 4.79 Å². The number of carboxylic acid groups (broad SMARTS) is 1. The van der Waals surface area contributed by atoms with Crippen molar-refractivity contribution in [3.8, 4) is 5.75 Å². The summed E-state index contributed by atoms with van der Waals surface area (Å²) < 4.78 is 11.1. The minimum atomic E-state index is -0.767. The number of likely N-dealkylation sites (tertiary alicyclic amines) is 1. The molecule has 0 radical (unpaired) electrons. The smallest absolute Gasteiger partial charge is 0.304 e. The van der Waals surface area contributed by atoms with Crippen LogP contribution < -0.4 is 10.1 Å². The van der Waals surface area contributed by atoms with Crippen LogP contribution in [0.2, 0.25) is 0 Å². The van der Waals surface area contributed by atoms with Gasteiger partial charge in [-0.05, 0) is 80.8 Å². The van der Waals surface area contributed by atoms with Gasteiger partial charge in [-0.15, -0.1) is 0 Å². The summed E-state index contributed by atoms with van der Waals surface area (Å²) in [4.78, 5) is 18.9. The molecular formula is C28H39N3O4. The van der Waals surface area contributed by atoms with Crippen LogP contribution in [-0.4, -0.2) is 67.0 Å². The fourth-order valence-electron chi connectivity index (χ4n) is 5.12. The van der Waals surface area contributed by atoms with Crippen molar-refractivity contribution in [1.29, 1.82) is 0 Å². The molecule has 1 saturated heterocycles. The highest BCUT2D eigenvalue weighted by Crippen LogP contribution is 2.29. The lowest BCUT2D eigenvalue weighted by molar-refractivity contribution is -0.137. The number of anilines is 1. The summed E-state index contributed by atoms with van der Waals surface area (Å²) in [6, 6.07) is 12.3. The number of carbonyl (C=O) groups is 1. The number of rotatable bonds is 12. The van der Waals surface area contributed by atoms with Gasteiger partial charge in [0.05, 0.1) is 12.5 Å². The molecule has 7 heteroatoms. The molecule has 2 aliphatic rings. The fraction of sp³-hybridized carbons (Fsp3) is 0.571. The molecule has 1 aromatic heterocycles. The molecule has 4 rings (SSSR count). The van der Waals surface area contributed by atoms with Crippen molar-refractivity contribution in [3.05, 3.63) is 53.2 Å². The van der Waals surface area contributed by atoms with E-state index in [9.17, 15) is 9.90 Å². The maximum Gasteiger partial charge on any atom is 0.304 e. The van der Waals surface area contributed by atoms with E-state index in [0.29, 0.717) is 12.5 Å². The van der Waals surface area contributed by atoms with Crippen molar-refractivity contribution in [2.75, 3.05) is 45.2 Å². The number of fused-ring (bicyclic) bond motifs is 1. The predicted molar refractivity (Wildman–Crippen MR) is 137 cm³/mol. The van der Waals surface area contributed by atoms with Gasteiger partial charge < -0.3 is 24.8 Å². The first-order chi connectivity index (χ1) is 17.0. The van der Waals surface area contributed by atoms with Gasteiger partial charge in [-0.1, -0.05) is 18.2 Å². The maximum absolute atomic E-state index is 11.6. The topological polar surface area (TPSA) is 83.9 Å². The quantitative estimate of drug-likeness (QED) is 0.466. The van der Waals surface area contributed by atoms with Gasteiger partial charge in [0.15, 0.2) is 0 Å². The number of aryl methyl sites for hydroxylation is 2. The van der Waals surface area contributed by atoms with Crippen molar-refractivity contribution in [1.82, 2.24) is 9.88 Å². The van der Waals surface area contributed by atoms with Crippen molar-refractivity contribution < 1.29 is 19.4 Å². The third-order valence-corrected chi connectivity index (χ3v) is 7.25. The summed E-state index contributed by atoms with van der Waals surface area (Å²) in [6.07, 6.45) is 5.68. The zero-order chi connectivity index (χ0) is 24.6. The lowest BCUT2D eigenvalue weighted by atomic mass is 9.94. The number of hydrogen-bond acceptors (Lipinski definition) is 6. The first-order valence-electron chi connectivity index (χ1n) is 12.9. The van der Waals surface area contributed by atoms with Crippen molar-refractivity contribution in [2.45, 2.75) is 57.5 Å². The van der Waals surface area contributed by atoms with E-state index >= 15 is 0 Å². The molecule has 1 fully saturated rings. The Morgan fingerprint density at radius 1 is 1.31 bits per heavy atom. The van der Waals surface area contributed by atoms with Crippen LogP contribution in [0, 0.1) is 5.92 Å². The number of hydrogen-bond donors (Lipinski definition) is 2. The van der Waals surface area contributed by atoms with Gasteiger partial charge >= 0.3 is 5.97 Å². The van der Waals surface area contributed by atoms with E-state index in [1.807, 2.05) is 31.2 Å². The van der Waals surface area contributed by atoms with E-state index in [1.165, 1.54) is 17.7 Å². The molecule has 3 heterocycles. The van der Waals surface area contributed by atoms with Crippen molar-refractivity contribution in [3.63, 3.8) is 0 Å². The zero-order valence-electron chi connectivity index (χ0n) is 21.0. The van der Waals surface area contributed by atoms with Gasteiger partial charge in [-0.2, -0.15) is 0 Å². The number of nitrogens with one attached hydrogen (secondary N) is 1. The summed E-state index contributed by atoms with van der Waals surface area (Å²) in [6.45, 7) is 6.22. The Balaban J connectivity index is 1.31. The second-order valence-corrected chi connectivity index (χ2v) is 10.0. The average molecular weight is 482 g/mol. The lowest BCUT2D eigenvalue weighted by Crippen LogP contribution is -2.28. The molecule has 2 aliphatic heterocycles. The standard InChI is InChI=1S/C28H39N3O4/c1-20(34-2)19-35-26-7-3-5-23(15-26)24(16-27(32)33)18-31-14-12-21(17-31)8-10-25-11-9-22-6-4-13-29-28(22)30-25/h3,5,7,9,11,15,20-21,24H,4,6,8,10,12-14,16-19H2,1-2H3,(H,29,30)(H,32,33). The molecule has 0 saturated carbocycles. The van der Waals surface area contributed by atoms with Gasteiger partial charge in [0.25, 0.3) is 0 Å². The Hall–Kier alpha value is -2.64. The van der Waals surface area contributed by atoms with Gasteiger partial charge in [0.1, 0.15) is 18.2 Å². The van der Waals surface area contributed by atoms with Crippen LogP contribution >= 0.6 is 0 Å². The SMILES string of the molecule is COC(C)COc1cccc(C(CC(=O)O)CN2CCC(CCc3ccc4c(n3)NCCC4)C2)c1.